The highest BCUT2D eigenvalue weighted by atomic mass is 32.1. The molecule has 0 aliphatic carbocycles. The van der Waals surface area contributed by atoms with Crippen LogP contribution < -0.4 is 0 Å². The van der Waals surface area contributed by atoms with Gasteiger partial charge in [0.25, 0.3) is 0 Å². The van der Waals surface area contributed by atoms with E-state index in [4.69, 9.17) is 21.7 Å². The monoisotopic (exact) mass is 291 g/mol. The fourth-order valence-corrected chi connectivity index (χ4v) is 2.20. The molecule has 104 valence electrons. The molecule has 5 nitrogen and oxygen atoms in total. The van der Waals surface area contributed by atoms with Crippen LogP contribution in [0.15, 0.2) is 24.4 Å². The second kappa shape index (κ2) is 5.83. The smallest absolute Gasteiger partial charge is 0.341 e. The summed E-state index contributed by atoms with van der Waals surface area (Å²) < 4.78 is 10.0. The molecule has 0 amide bonds. The second-order valence-corrected chi connectivity index (χ2v) is 4.38. The van der Waals surface area contributed by atoms with Gasteiger partial charge in [-0.25, -0.2) is 9.59 Å². The fourth-order valence-electron chi connectivity index (χ4n) is 1.89. The number of hydrogen-bond donors (Lipinski definition) is 1. The van der Waals surface area contributed by atoms with Crippen LogP contribution in [0, 0.1) is 4.51 Å². The molecule has 2 aromatic rings. The Hall–Kier alpha value is -2.21. The van der Waals surface area contributed by atoms with Crippen LogP contribution in [-0.2, 0) is 9.47 Å². The van der Waals surface area contributed by atoms with Crippen LogP contribution >= 0.6 is 12.2 Å². The quantitative estimate of drug-likeness (QED) is 0.695. The zero-order valence-electron chi connectivity index (χ0n) is 11.1. The lowest BCUT2D eigenvalue weighted by molar-refractivity contribution is 0.0524. The number of benzene rings is 1. The van der Waals surface area contributed by atoms with Crippen LogP contribution in [0.5, 0.6) is 0 Å². The summed E-state index contributed by atoms with van der Waals surface area (Å²) in [6.45, 7) is 1.99. The number of carbonyl (C=O) groups is 2. The van der Waals surface area contributed by atoms with E-state index in [1.165, 1.54) is 13.3 Å². The predicted molar refractivity (Wildman–Crippen MR) is 76.4 cm³/mol. The lowest BCUT2D eigenvalue weighted by Crippen LogP contribution is -2.08. The second-order valence-electron chi connectivity index (χ2n) is 3.97. The van der Waals surface area contributed by atoms with Crippen LogP contribution in [0.4, 0.5) is 0 Å². The Morgan fingerprint density at radius 3 is 2.65 bits per heavy atom. The molecule has 0 aliphatic rings. The number of methoxy groups -OCH3 is 1. The van der Waals surface area contributed by atoms with Crippen molar-refractivity contribution in [3.63, 3.8) is 0 Å². The van der Waals surface area contributed by atoms with Crippen molar-refractivity contribution in [3.05, 3.63) is 40.0 Å². The maximum absolute atomic E-state index is 11.8. The Kier molecular flexibility index (Phi) is 4.14. The number of para-hydroxylation sites is 1. The number of aromatic amines is 1. The third kappa shape index (κ3) is 2.42. The van der Waals surface area contributed by atoms with Crippen LogP contribution in [0.25, 0.3) is 10.9 Å². The molecule has 0 bridgehead atoms. The van der Waals surface area contributed by atoms with E-state index in [1.807, 2.05) is 0 Å². The van der Waals surface area contributed by atoms with Crippen molar-refractivity contribution in [1.82, 2.24) is 4.98 Å². The lowest BCUT2D eigenvalue weighted by Gasteiger charge is -2.07. The maximum Gasteiger partial charge on any atom is 0.341 e. The summed E-state index contributed by atoms with van der Waals surface area (Å²) in [6.07, 6.45) is 1.45. The Bertz CT molecular complexity index is 736. The summed E-state index contributed by atoms with van der Waals surface area (Å²) in [7, 11) is 1.31. The summed E-state index contributed by atoms with van der Waals surface area (Å²) >= 11 is 5.29. The minimum atomic E-state index is -0.487. The van der Waals surface area contributed by atoms with Crippen molar-refractivity contribution in [1.29, 1.82) is 0 Å². The fraction of sp³-hybridized carbons (Fsp3) is 0.214. The van der Waals surface area contributed by atoms with E-state index in [1.54, 1.807) is 25.1 Å². The summed E-state index contributed by atoms with van der Waals surface area (Å²) in [6, 6.07) is 5.06. The zero-order chi connectivity index (χ0) is 14.7. The number of carbonyl (C=O) groups excluding carboxylic acids is 2. The molecule has 0 aliphatic heterocycles. The molecule has 0 radical (unpaired) electrons. The third-order valence-corrected chi connectivity index (χ3v) is 3.26. The number of H-pyrrole nitrogens is 1. The van der Waals surface area contributed by atoms with E-state index in [0.717, 1.165) is 0 Å². The minimum absolute atomic E-state index is 0.272. The van der Waals surface area contributed by atoms with Crippen molar-refractivity contribution in [3.8, 4) is 0 Å². The van der Waals surface area contributed by atoms with Gasteiger partial charge >= 0.3 is 11.9 Å². The van der Waals surface area contributed by atoms with Gasteiger partial charge in [0, 0.05) is 11.6 Å². The predicted octanol–water partition coefficient (Wildman–Crippen LogP) is 2.86. The average Bonchev–Trinajstić information content (AvgIpc) is 2.46. The van der Waals surface area contributed by atoms with Gasteiger partial charge in [-0.1, -0.05) is 24.4 Å². The van der Waals surface area contributed by atoms with Crippen LogP contribution in [0.3, 0.4) is 0 Å². The SMILES string of the molecule is CCOC(=O)c1c[nH]c2c(C(=O)OC)cccc2c1=S. The topological polar surface area (TPSA) is 68.4 Å². The molecule has 1 heterocycles. The van der Waals surface area contributed by atoms with Gasteiger partial charge in [0.05, 0.1) is 34.9 Å². The number of rotatable bonds is 3. The van der Waals surface area contributed by atoms with Crippen LogP contribution in [0.1, 0.15) is 27.6 Å². The first-order valence-electron chi connectivity index (χ1n) is 6.00. The van der Waals surface area contributed by atoms with E-state index >= 15 is 0 Å². The first-order chi connectivity index (χ1) is 9.60. The number of ether oxygens (including phenoxy) is 2. The average molecular weight is 291 g/mol. The first kappa shape index (κ1) is 14.2. The summed E-state index contributed by atoms with van der Waals surface area (Å²) in [5.74, 6) is -0.954. The highest BCUT2D eigenvalue weighted by Gasteiger charge is 2.15. The van der Waals surface area contributed by atoms with Gasteiger partial charge in [-0.3, -0.25) is 0 Å². The molecular formula is C14H13NO4S. The molecule has 1 aromatic heterocycles. The van der Waals surface area contributed by atoms with Gasteiger partial charge in [0.2, 0.25) is 0 Å². The van der Waals surface area contributed by atoms with E-state index in [0.29, 0.717) is 21.0 Å². The molecule has 0 unspecified atom stereocenters. The van der Waals surface area contributed by atoms with E-state index < -0.39 is 11.9 Å². The number of pyridine rings is 1. The van der Waals surface area contributed by atoms with Gasteiger partial charge in [-0.05, 0) is 13.0 Å². The third-order valence-electron chi connectivity index (χ3n) is 2.82. The largest absolute Gasteiger partial charge is 0.465 e. The maximum atomic E-state index is 11.8. The molecule has 0 saturated heterocycles. The number of nitrogens with one attached hydrogen (secondary N) is 1. The Labute approximate surface area is 120 Å². The van der Waals surface area contributed by atoms with Gasteiger partial charge in [-0.2, -0.15) is 0 Å². The first-order valence-corrected chi connectivity index (χ1v) is 6.40. The molecule has 2 rings (SSSR count). The molecule has 1 N–H and O–H groups in total. The molecule has 20 heavy (non-hydrogen) atoms. The molecule has 0 atom stereocenters. The normalized spacial score (nSPS) is 10.3. The van der Waals surface area contributed by atoms with Gasteiger partial charge < -0.3 is 14.5 Å². The van der Waals surface area contributed by atoms with Crippen molar-refractivity contribution in [2.24, 2.45) is 0 Å². The zero-order valence-corrected chi connectivity index (χ0v) is 11.9. The van der Waals surface area contributed by atoms with Gasteiger partial charge in [0.15, 0.2) is 0 Å². The molecule has 6 heteroatoms. The molecule has 0 spiro atoms. The van der Waals surface area contributed by atoms with Crippen LogP contribution in [0.2, 0.25) is 0 Å². The summed E-state index contributed by atoms with van der Waals surface area (Å²) in [5.41, 5.74) is 1.18. The van der Waals surface area contributed by atoms with Gasteiger partial charge in [0.1, 0.15) is 0 Å². The van der Waals surface area contributed by atoms with Crippen molar-refractivity contribution in [2.75, 3.05) is 13.7 Å². The Morgan fingerprint density at radius 2 is 2.00 bits per heavy atom. The van der Waals surface area contributed by atoms with E-state index in [-0.39, 0.29) is 12.2 Å². The lowest BCUT2D eigenvalue weighted by atomic mass is 10.1. The highest BCUT2D eigenvalue weighted by Crippen LogP contribution is 2.21. The van der Waals surface area contributed by atoms with Gasteiger partial charge in [-0.15, -0.1) is 0 Å². The number of fused-ring (bicyclic) bond motifs is 1. The highest BCUT2D eigenvalue weighted by molar-refractivity contribution is 7.71. The van der Waals surface area contributed by atoms with E-state index in [2.05, 4.69) is 4.98 Å². The van der Waals surface area contributed by atoms with E-state index in [9.17, 15) is 9.59 Å². The summed E-state index contributed by atoms with van der Waals surface area (Å²) in [5, 5.41) is 0.605. The molecule has 1 aromatic carbocycles. The number of esters is 2. The minimum Gasteiger partial charge on any atom is -0.465 e. The van der Waals surface area contributed by atoms with Crippen molar-refractivity contribution in [2.45, 2.75) is 6.92 Å². The Morgan fingerprint density at radius 1 is 1.25 bits per heavy atom. The molecule has 0 saturated carbocycles. The summed E-state index contributed by atoms with van der Waals surface area (Å²) in [4.78, 5) is 26.4. The number of hydrogen-bond acceptors (Lipinski definition) is 5. The number of aromatic nitrogens is 1. The standard InChI is InChI=1S/C14H13NO4S/c1-3-19-14(17)10-7-15-11-8(12(10)20)5-4-6-9(11)13(16)18-2/h4-7H,3H2,1-2H3,(H,15,20). The van der Waals surface area contributed by atoms with Crippen molar-refractivity contribution >= 4 is 35.1 Å². The Balaban J connectivity index is 2.67. The molecule has 0 fully saturated rings. The van der Waals surface area contributed by atoms with Crippen molar-refractivity contribution < 1.29 is 19.1 Å². The van der Waals surface area contributed by atoms with Crippen LogP contribution in [-0.4, -0.2) is 30.6 Å². The molecular weight excluding hydrogens is 278 g/mol.